The molecule has 2 aromatic heterocycles. The molecule has 33 heavy (non-hydrogen) atoms. The fourth-order valence-corrected chi connectivity index (χ4v) is 3.94. The lowest BCUT2D eigenvalue weighted by Gasteiger charge is -2.20. The number of nitrogens with zero attached hydrogens (tertiary/aromatic N) is 2. The smallest absolute Gasteiger partial charge is 0.323 e. The summed E-state index contributed by atoms with van der Waals surface area (Å²) in [6, 6.07) is 14.1. The number of carbonyl (C=O) groups excluding carboxylic acids is 2. The molecule has 1 fully saturated rings. The molecule has 4 aromatic rings. The zero-order valence-corrected chi connectivity index (χ0v) is 18.0. The number of aryl methyl sites for hydroxylation is 1. The number of fused-ring (bicyclic) bond motifs is 2. The number of methoxy groups -OCH3 is 1. The number of ether oxygens (including phenoxy) is 1. The average Bonchev–Trinajstić information content (AvgIpc) is 3.26. The van der Waals surface area contributed by atoms with Gasteiger partial charge in [0.05, 0.1) is 19.2 Å². The molecule has 8 nitrogen and oxygen atoms in total. The lowest BCUT2D eigenvalue weighted by Crippen LogP contribution is -2.49. The first-order valence-electron chi connectivity index (χ1n) is 10.3. The lowest BCUT2D eigenvalue weighted by atomic mass is 9.99. The van der Waals surface area contributed by atoms with Crippen LogP contribution in [0.4, 0.5) is 4.79 Å². The lowest BCUT2D eigenvalue weighted by molar-refractivity contribution is -0.122. The van der Waals surface area contributed by atoms with Crippen molar-refractivity contribution in [2.45, 2.75) is 19.0 Å². The van der Waals surface area contributed by atoms with Crippen LogP contribution in [0.1, 0.15) is 11.3 Å². The Morgan fingerprint density at radius 1 is 1.12 bits per heavy atom. The first-order chi connectivity index (χ1) is 15.9. The van der Waals surface area contributed by atoms with E-state index in [4.69, 9.17) is 4.74 Å². The highest BCUT2D eigenvalue weighted by Crippen LogP contribution is 2.32. The van der Waals surface area contributed by atoms with Gasteiger partial charge in [-0.2, -0.15) is 0 Å². The number of aromatic nitrogens is 2. The molecule has 0 aliphatic carbocycles. The van der Waals surface area contributed by atoms with Gasteiger partial charge in [-0.1, -0.05) is 17.9 Å². The summed E-state index contributed by atoms with van der Waals surface area (Å²) < 4.78 is 6.72. The molecule has 0 spiro atoms. The molecule has 3 N–H and O–H groups in total. The highest BCUT2D eigenvalue weighted by atomic mass is 16.5. The summed E-state index contributed by atoms with van der Waals surface area (Å²) in [5, 5.41) is 17.9. The summed E-state index contributed by atoms with van der Waals surface area (Å²) in [5.41, 5.74) is 0.894. The van der Waals surface area contributed by atoms with Gasteiger partial charge in [-0.25, -0.2) is 4.79 Å². The molecule has 3 heterocycles. The van der Waals surface area contributed by atoms with Crippen LogP contribution in [-0.2, 0) is 11.3 Å². The maximum Gasteiger partial charge on any atom is 0.323 e. The van der Waals surface area contributed by atoms with Crippen molar-refractivity contribution in [3.8, 4) is 23.5 Å². The molecule has 0 saturated carbocycles. The first-order valence-corrected chi connectivity index (χ1v) is 10.3. The summed E-state index contributed by atoms with van der Waals surface area (Å²) in [7, 11) is 1.54. The van der Waals surface area contributed by atoms with Crippen molar-refractivity contribution in [3.05, 3.63) is 66.0 Å². The maximum atomic E-state index is 12.8. The van der Waals surface area contributed by atoms with Gasteiger partial charge in [0.1, 0.15) is 5.75 Å². The van der Waals surface area contributed by atoms with Gasteiger partial charge in [0.15, 0.2) is 5.88 Å². The third-order valence-corrected chi connectivity index (χ3v) is 5.67. The van der Waals surface area contributed by atoms with E-state index in [1.54, 1.807) is 31.5 Å². The number of imide groups is 1. The van der Waals surface area contributed by atoms with E-state index in [1.807, 2.05) is 37.3 Å². The van der Waals surface area contributed by atoms with Gasteiger partial charge in [-0.15, -0.1) is 0 Å². The Bertz CT molecular complexity index is 1510. The van der Waals surface area contributed by atoms with Crippen molar-refractivity contribution < 1.29 is 19.4 Å². The zero-order valence-electron chi connectivity index (χ0n) is 18.0. The van der Waals surface area contributed by atoms with Crippen molar-refractivity contribution in [1.82, 2.24) is 20.2 Å². The van der Waals surface area contributed by atoms with Crippen molar-refractivity contribution >= 4 is 33.6 Å². The molecule has 5 rings (SSSR count). The van der Waals surface area contributed by atoms with E-state index in [9.17, 15) is 14.7 Å². The second-order valence-corrected chi connectivity index (χ2v) is 7.96. The Morgan fingerprint density at radius 3 is 2.70 bits per heavy atom. The Balaban J connectivity index is 1.55. The summed E-state index contributed by atoms with van der Waals surface area (Å²) in [5.74, 6) is 5.92. The molecular weight excluding hydrogens is 420 g/mol. The number of hydrogen-bond donors (Lipinski definition) is 3. The van der Waals surface area contributed by atoms with Crippen LogP contribution >= 0.6 is 0 Å². The van der Waals surface area contributed by atoms with E-state index >= 15 is 0 Å². The fourth-order valence-electron chi connectivity index (χ4n) is 3.94. The van der Waals surface area contributed by atoms with Crippen LogP contribution in [0.5, 0.6) is 11.6 Å². The molecule has 2 aromatic carbocycles. The molecule has 0 bridgehead atoms. The van der Waals surface area contributed by atoms with E-state index in [0.717, 1.165) is 22.0 Å². The van der Waals surface area contributed by atoms with Crippen LogP contribution in [0, 0.1) is 18.8 Å². The Morgan fingerprint density at radius 2 is 1.94 bits per heavy atom. The monoisotopic (exact) mass is 440 g/mol. The van der Waals surface area contributed by atoms with E-state index in [1.165, 1.54) is 4.57 Å². The Hall–Kier alpha value is -4.51. The largest absolute Gasteiger partial charge is 0.497 e. The molecule has 1 saturated heterocycles. The standard InChI is InChI=1S/C25H20N4O4/c1-15-3-5-17-11-16(4-8-21(17)26-15)9-10-25(23(31)27-24(32)28-25)14-29-13-18-6-7-19(33-2)12-20(18)22(29)30/h3-8,11-13,30H,14H2,1-2H3,(H2,27,28,31,32)/t25-/m0/s1. The number of urea groups is 1. The fraction of sp³-hybridized carbons (Fsp3) is 0.160. The maximum absolute atomic E-state index is 12.8. The topological polar surface area (TPSA) is 105 Å². The van der Waals surface area contributed by atoms with Gasteiger partial charge in [-0.3, -0.25) is 15.1 Å². The summed E-state index contributed by atoms with van der Waals surface area (Å²) >= 11 is 0. The van der Waals surface area contributed by atoms with Crippen LogP contribution in [0.2, 0.25) is 0 Å². The van der Waals surface area contributed by atoms with Crippen molar-refractivity contribution in [2.24, 2.45) is 0 Å². The van der Waals surface area contributed by atoms with Crippen molar-refractivity contribution in [1.29, 1.82) is 0 Å². The molecule has 1 aliphatic heterocycles. The van der Waals surface area contributed by atoms with Crippen LogP contribution in [-0.4, -0.2) is 39.2 Å². The minimum atomic E-state index is -1.55. The molecule has 8 heteroatoms. The van der Waals surface area contributed by atoms with Gasteiger partial charge < -0.3 is 19.7 Å². The molecule has 0 unspecified atom stereocenters. The molecule has 1 atom stereocenters. The minimum Gasteiger partial charge on any atom is -0.497 e. The first kappa shape index (κ1) is 20.4. The van der Waals surface area contributed by atoms with Crippen molar-refractivity contribution in [2.75, 3.05) is 7.11 Å². The summed E-state index contributed by atoms with van der Waals surface area (Å²) in [6.07, 6.45) is 1.70. The summed E-state index contributed by atoms with van der Waals surface area (Å²) in [4.78, 5) is 29.3. The highest BCUT2D eigenvalue weighted by molar-refractivity contribution is 6.09. The average molecular weight is 440 g/mol. The zero-order chi connectivity index (χ0) is 23.2. The quantitative estimate of drug-likeness (QED) is 0.336. The normalized spacial score (nSPS) is 17.5. The number of rotatable bonds is 3. The van der Waals surface area contributed by atoms with Crippen LogP contribution < -0.4 is 15.4 Å². The predicted molar refractivity (Wildman–Crippen MR) is 123 cm³/mol. The third kappa shape index (κ3) is 3.59. The summed E-state index contributed by atoms with van der Waals surface area (Å²) in [6.45, 7) is 1.85. The Labute approximate surface area is 189 Å². The van der Waals surface area contributed by atoms with Gasteiger partial charge in [0, 0.05) is 33.6 Å². The molecule has 164 valence electrons. The number of benzene rings is 2. The third-order valence-electron chi connectivity index (χ3n) is 5.67. The number of hydrogen-bond acceptors (Lipinski definition) is 5. The van der Waals surface area contributed by atoms with Crippen LogP contribution in [0.15, 0.2) is 54.7 Å². The van der Waals surface area contributed by atoms with Crippen molar-refractivity contribution in [3.63, 3.8) is 0 Å². The molecule has 0 radical (unpaired) electrons. The van der Waals surface area contributed by atoms with E-state index in [-0.39, 0.29) is 12.4 Å². The van der Waals surface area contributed by atoms with Gasteiger partial charge >= 0.3 is 6.03 Å². The number of nitrogens with one attached hydrogen (secondary N) is 2. The SMILES string of the molecule is COc1ccc2cn(C[C@]3(C#Cc4ccc5nc(C)ccc5c4)NC(=O)NC3=O)c(O)c2c1. The number of pyridine rings is 1. The van der Waals surface area contributed by atoms with Gasteiger partial charge in [-0.05, 0) is 49.4 Å². The number of aromatic hydroxyl groups is 1. The van der Waals surface area contributed by atoms with Gasteiger partial charge in [0.2, 0.25) is 5.54 Å². The van der Waals surface area contributed by atoms with Crippen LogP contribution in [0.3, 0.4) is 0 Å². The second-order valence-electron chi connectivity index (χ2n) is 7.96. The number of carbonyl (C=O) groups is 2. The second kappa shape index (κ2) is 7.57. The van der Waals surface area contributed by atoms with E-state index in [0.29, 0.717) is 16.7 Å². The molecule has 3 amide bonds. The minimum absolute atomic E-state index is 0.0498. The molecule has 1 aliphatic rings. The highest BCUT2D eigenvalue weighted by Gasteiger charge is 2.46. The molecular formula is C25H20N4O4. The number of amides is 3. The van der Waals surface area contributed by atoms with E-state index < -0.39 is 17.5 Å². The van der Waals surface area contributed by atoms with E-state index in [2.05, 4.69) is 27.5 Å². The predicted octanol–water partition coefficient (Wildman–Crippen LogP) is 2.84. The Kier molecular flexibility index (Phi) is 4.68. The van der Waals surface area contributed by atoms with Gasteiger partial charge in [0.25, 0.3) is 5.91 Å². The van der Waals surface area contributed by atoms with Crippen LogP contribution in [0.25, 0.3) is 21.7 Å².